The number of pyridine rings is 1. The third kappa shape index (κ3) is 2.51. The lowest BCUT2D eigenvalue weighted by Crippen LogP contribution is -1.97. The second-order valence-electron chi connectivity index (χ2n) is 4.26. The number of rotatable bonds is 3. The van der Waals surface area contributed by atoms with Crippen LogP contribution in [0, 0.1) is 0 Å². The van der Waals surface area contributed by atoms with Crippen molar-refractivity contribution in [2.45, 2.75) is 10.6 Å². The van der Waals surface area contributed by atoms with Gasteiger partial charge < -0.3 is 10.1 Å². The zero-order valence-corrected chi connectivity index (χ0v) is 11.0. The number of hydrogen-bond donors (Lipinski definition) is 1. The van der Waals surface area contributed by atoms with Gasteiger partial charge >= 0.3 is 0 Å². The fraction of sp³-hybridized carbons (Fsp3) is 0.0714. The zero-order chi connectivity index (χ0) is 13.2. The Labute approximate surface area is 113 Å². The van der Waals surface area contributed by atoms with Crippen LogP contribution in [0.15, 0.2) is 59.8 Å². The van der Waals surface area contributed by atoms with E-state index in [2.05, 4.69) is 4.98 Å². The predicted molar refractivity (Wildman–Crippen MR) is 76.2 cm³/mol. The second kappa shape index (κ2) is 4.85. The molecule has 3 rings (SSSR count). The molecule has 2 N–H and O–H groups in total. The number of fused-ring (bicyclic) bond motifs is 1. The second-order valence-corrected chi connectivity index (χ2v) is 5.71. The van der Waals surface area contributed by atoms with Crippen LogP contribution < -0.4 is 5.73 Å². The van der Waals surface area contributed by atoms with Crippen molar-refractivity contribution in [1.29, 1.82) is 0 Å². The van der Waals surface area contributed by atoms with Crippen molar-refractivity contribution in [3.05, 3.63) is 60.6 Å². The fourth-order valence-corrected chi connectivity index (χ4v) is 2.91. The van der Waals surface area contributed by atoms with Crippen molar-refractivity contribution in [3.8, 4) is 0 Å². The summed E-state index contributed by atoms with van der Waals surface area (Å²) < 4.78 is 14.1. The standard InChI is InChI=1S/C14H13N3OS/c15-11-4-6-13(7-5-11)19(18)10-12-9-17-8-2-1-3-14(17)16-12/h1-9H,10,15H2. The fourth-order valence-electron chi connectivity index (χ4n) is 1.89. The Kier molecular flexibility index (Phi) is 3.05. The number of anilines is 1. The Bertz CT molecular complexity index is 701. The van der Waals surface area contributed by atoms with Gasteiger partial charge in [-0.2, -0.15) is 0 Å². The third-order valence-corrected chi connectivity index (χ3v) is 4.19. The molecular formula is C14H13N3OS. The number of imidazole rings is 1. The van der Waals surface area contributed by atoms with Gasteiger partial charge in [-0.1, -0.05) is 6.07 Å². The maximum Gasteiger partial charge on any atom is 0.137 e. The molecule has 2 aromatic heterocycles. The minimum atomic E-state index is -1.10. The van der Waals surface area contributed by atoms with E-state index in [-0.39, 0.29) is 0 Å². The van der Waals surface area contributed by atoms with Gasteiger partial charge in [0, 0.05) is 23.0 Å². The largest absolute Gasteiger partial charge is 0.399 e. The molecule has 4 nitrogen and oxygen atoms in total. The molecule has 1 atom stereocenters. The van der Waals surface area contributed by atoms with Gasteiger partial charge in [-0.25, -0.2) is 4.98 Å². The van der Waals surface area contributed by atoms with E-state index in [1.165, 1.54) is 0 Å². The van der Waals surface area contributed by atoms with Crippen molar-refractivity contribution in [2.24, 2.45) is 0 Å². The van der Waals surface area contributed by atoms with Crippen LogP contribution >= 0.6 is 0 Å². The molecule has 0 aliphatic heterocycles. The number of aromatic nitrogens is 2. The summed E-state index contributed by atoms with van der Waals surface area (Å²) in [5.41, 5.74) is 7.98. The van der Waals surface area contributed by atoms with Crippen LogP contribution in [0.25, 0.3) is 5.65 Å². The number of nitrogens with two attached hydrogens (primary N) is 1. The van der Waals surface area contributed by atoms with E-state index in [1.807, 2.05) is 35.0 Å². The highest BCUT2D eigenvalue weighted by atomic mass is 32.2. The highest BCUT2D eigenvalue weighted by Crippen LogP contribution is 2.14. The van der Waals surface area contributed by atoms with Crippen LogP contribution in [0.3, 0.4) is 0 Å². The van der Waals surface area contributed by atoms with Crippen LogP contribution in [0.2, 0.25) is 0 Å². The van der Waals surface area contributed by atoms with E-state index in [1.54, 1.807) is 24.3 Å². The SMILES string of the molecule is Nc1ccc(S(=O)Cc2cn3ccccc3n2)cc1. The zero-order valence-electron chi connectivity index (χ0n) is 10.2. The van der Waals surface area contributed by atoms with Crippen LogP contribution in [-0.4, -0.2) is 13.6 Å². The van der Waals surface area contributed by atoms with Crippen LogP contribution in [0.1, 0.15) is 5.69 Å². The number of nitrogens with zero attached hydrogens (tertiary/aromatic N) is 2. The topological polar surface area (TPSA) is 60.4 Å². The van der Waals surface area contributed by atoms with Crippen LogP contribution in [-0.2, 0) is 16.6 Å². The number of hydrogen-bond acceptors (Lipinski definition) is 3. The molecule has 0 radical (unpaired) electrons. The van der Waals surface area contributed by atoms with Gasteiger partial charge in [0.15, 0.2) is 0 Å². The molecule has 0 bridgehead atoms. The Morgan fingerprint density at radius 3 is 2.68 bits per heavy atom. The van der Waals surface area contributed by atoms with Gasteiger partial charge in [-0.3, -0.25) is 4.21 Å². The summed E-state index contributed by atoms with van der Waals surface area (Å²) >= 11 is 0. The first-order valence-electron chi connectivity index (χ1n) is 5.89. The van der Waals surface area contributed by atoms with Crippen LogP contribution in [0.4, 0.5) is 5.69 Å². The molecule has 1 unspecified atom stereocenters. The Morgan fingerprint density at radius 1 is 1.16 bits per heavy atom. The average molecular weight is 271 g/mol. The lowest BCUT2D eigenvalue weighted by Gasteiger charge is -2.00. The van der Waals surface area contributed by atoms with E-state index in [9.17, 15) is 4.21 Å². The smallest absolute Gasteiger partial charge is 0.137 e. The Morgan fingerprint density at radius 2 is 1.95 bits per heavy atom. The molecule has 5 heteroatoms. The average Bonchev–Trinajstić information content (AvgIpc) is 2.81. The molecule has 0 fully saturated rings. The molecule has 0 aliphatic rings. The first-order valence-corrected chi connectivity index (χ1v) is 7.21. The maximum absolute atomic E-state index is 12.2. The van der Waals surface area contributed by atoms with E-state index in [4.69, 9.17) is 5.73 Å². The molecule has 0 spiro atoms. The van der Waals surface area contributed by atoms with Crippen molar-refractivity contribution in [2.75, 3.05) is 5.73 Å². The summed E-state index contributed by atoms with van der Waals surface area (Å²) in [6.45, 7) is 0. The van der Waals surface area contributed by atoms with E-state index < -0.39 is 10.8 Å². The monoisotopic (exact) mass is 271 g/mol. The highest BCUT2D eigenvalue weighted by molar-refractivity contribution is 7.84. The molecule has 96 valence electrons. The van der Waals surface area contributed by atoms with Crippen molar-refractivity contribution in [1.82, 2.24) is 9.38 Å². The van der Waals surface area contributed by atoms with Gasteiger partial charge in [0.25, 0.3) is 0 Å². The summed E-state index contributed by atoms with van der Waals surface area (Å²) in [4.78, 5) is 5.21. The molecule has 19 heavy (non-hydrogen) atoms. The number of benzene rings is 1. The summed E-state index contributed by atoms with van der Waals surface area (Å²) in [7, 11) is -1.10. The van der Waals surface area contributed by atoms with Gasteiger partial charge in [0.1, 0.15) is 5.65 Å². The van der Waals surface area contributed by atoms with Gasteiger partial charge in [0.2, 0.25) is 0 Å². The molecule has 0 saturated carbocycles. The summed E-state index contributed by atoms with van der Waals surface area (Å²) in [5.74, 6) is 0.408. The summed E-state index contributed by atoms with van der Waals surface area (Å²) in [6.07, 6.45) is 3.84. The van der Waals surface area contributed by atoms with E-state index in [0.717, 1.165) is 16.2 Å². The molecule has 2 heterocycles. The molecule has 0 amide bonds. The van der Waals surface area contributed by atoms with Crippen molar-refractivity contribution in [3.63, 3.8) is 0 Å². The highest BCUT2D eigenvalue weighted by Gasteiger charge is 2.08. The van der Waals surface area contributed by atoms with Gasteiger partial charge in [-0.05, 0) is 36.4 Å². The molecule has 0 saturated heterocycles. The van der Waals surface area contributed by atoms with Crippen molar-refractivity contribution < 1.29 is 4.21 Å². The van der Waals surface area contributed by atoms with E-state index >= 15 is 0 Å². The Hall–Kier alpha value is -2.14. The molecule has 3 aromatic rings. The maximum atomic E-state index is 12.2. The number of nitrogen functional groups attached to an aromatic ring is 1. The van der Waals surface area contributed by atoms with Crippen molar-refractivity contribution >= 4 is 22.1 Å². The minimum absolute atomic E-state index is 0.408. The molecule has 1 aromatic carbocycles. The quantitative estimate of drug-likeness (QED) is 0.743. The lowest BCUT2D eigenvalue weighted by molar-refractivity contribution is 0.682. The lowest BCUT2D eigenvalue weighted by atomic mass is 10.3. The van der Waals surface area contributed by atoms with Gasteiger partial charge in [-0.15, -0.1) is 0 Å². The molecular weight excluding hydrogens is 258 g/mol. The Balaban J connectivity index is 1.84. The third-order valence-electron chi connectivity index (χ3n) is 2.84. The normalized spacial score (nSPS) is 12.6. The first-order chi connectivity index (χ1) is 9.22. The van der Waals surface area contributed by atoms with Gasteiger partial charge in [0.05, 0.1) is 22.2 Å². The minimum Gasteiger partial charge on any atom is -0.399 e. The first kappa shape index (κ1) is 11.9. The molecule has 0 aliphatic carbocycles. The predicted octanol–water partition coefficient (Wildman–Crippen LogP) is 2.22. The summed E-state index contributed by atoms with van der Waals surface area (Å²) in [5, 5.41) is 0. The summed E-state index contributed by atoms with van der Waals surface area (Å²) in [6, 6.07) is 12.9. The van der Waals surface area contributed by atoms with E-state index in [0.29, 0.717) is 11.4 Å². The van der Waals surface area contributed by atoms with Crippen LogP contribution in [0.5, 0.6) is 0 Å².